The molecule has 0 aliphatic heterocycles. The van der Waals surface area contributed by atoms with Gasteiger partial charge in [-0.1, -0.05) is 0 Å². The molecule has 3 N–H and O–H groups in total. The lowest BCUT2D eigenvalue weighted by Crippen LogP contribution is -2.17. The molecule has 0 aromatic heterocycles. The van der Waals surface area contributed by atoms with E-state index in [0.29, 0.717) is 6.04 Å². The lowest BCUT2D eigenvalue weighted by Gasteiger charge is -2.15. The van der Waals surface area contributed by atoms with Crippen molar-refractivity contribution in [1.82, 2.24) is 0 Å². The van der Waals surface area contributed by atoms with Crippen molar-refractivity contribution in [1.29, 1.82) is 0 Å². The molecule has 0 amide bonds. The molecule has 0 aliphatic carbocycles. The Kier molecular flexibility index (Phi) is 4.80. The van der Waals surface area contributed by atoms with Crippen LogP contribution in [0.1, 0.15) is 18.9 Å². The van der Waals surface area contributed by atoms with Gasteiger partial charge in [0.1, 0.15) is 0 Å². The molecule has 90 valence electrons. The second kappa shape index (κ2) is 5.89. The predicted octanol–water partition coefficient (Wildman–Crippen LogP) is 2.15. The highest BCUT2D eigenvalue weighted by Crippen LogP contribution is 2.17. The molecule has 3 nitrogen and oxygen atoms in total. The van der Waals surface area contributed by atoms with Gasteiger partial charge < -0.3 is 11.1 Å². The summed E-state index contributed by atoms with van der Waals surface area (Å²) >= 11 is 0. The van der Waals surface area contributed by atoms with E-state index in [0.717, 1.165) is 29.1 Å². The average Bonchev–Trinajstić information content (AvgIpc) is 2.21. The molecule has 0 saturated heterocycles. The third kappa shape index (κ3) is 4.23. The van der Waals surface area contributed by atoms with Crippen LogP contribution in [0.4, 0.5) is 11.4 Å². The van der Waals surface area contributed by atoms with E-state index in [4.69, 9.17) is 5.73 Å². The number of nitrogens with two attached hydrogens (primary N) is 1. The maximum Gasteiger partial charge on any atom is 0.0346 e. The van der Waals surface area contributed by atoms with Crippen LogP contribution in [-0.2, 0) is 10.8 Å². The summed E-state index contributed by atoms with van der Waals surface area (Å²) in [6.45, 7) is 4.09. The fraction of sp³-hybridized carbons (Fsp3) is 0.500. The largest absolute Gasteiger partial charge is 0.399 e. The van der Waals surface area contributed by atoms with E-state index in [9.17, 15) is 4.21 Å². The average molecular weight is 240 g/mol. The van der Waals surface area contributed by atoms with Gasteiger partial charge in [-0.05, 0) is 44.0 Å². The summed E-state index contributed by atoms with van der Waals surface area (Å²) in [6.07, 6.45) is 2.65. The number of aryl methyl sites for hydroxylation is 1. The summed E-state index contributed by atoms with van der Waals surface area (Å²) in [5.74, 6) is 0.738. The zero-order valence-electron chi connectivity index (χ0n) is 10.1. The molecule has 0 spiro atoms. The third-order valence-corrected chi connectivity index (χ3v) is 3.33. The van der Waals surface area contributed by atoms with Crippen molar-refractivity contribution in [3.8, 4) is 0 Å². The molecule has 16 heavy (non-hydrogen) atoms. The van der Waals surface area contributed by atoms with Crippen molar-refractivity contribution in [2.45, 2.75) is 26.3 Å². The van der Waals surface area contributed by atoms with Gasteiger partial charge >= 0.3 is 0 Å². The molecule has 2 unspecified atom stereocenters. The highest BCUT2D eigenvalue weighted by atomic mass is 32.2. The van der Waals surface area contributed by atoms with Crippen molar-refractivity contribution in [2.75, 3.05) is 23.1 Å². The Balaban J connectivity index is 2.52. The second-order valence-electron chi connectivity index (χ2n) is 4.18. The molecule has 0 saturated carbocycles. The first-order valence-electron chi connectivity index (χ1n) is 5.41. The molecule has 1 rings (SSSR count). The first kappa shape index (κ1) is 13.0. The molecule has 0 heterocycles. The predicted molar refractivity (Wildman–Crippen MR) is 72.2 cm³/mol. The molecule has 0 radical (unpaired) electrons. The van der Waals surface area contributed by atoms with Gasteiger partial charge in [-0.25, -0.2) is 0 Å². The minimum atomic E-state index is -0.712. The van der Waals surface area contributed by atoms with E-state index >= 15 is 0 Å². The molecular weight excluding hydrogens is 220 g/mol. The van der Waals surface area contributed by atoms with Gasteiger partial charge in [-0.2, -0.15) is 0 Å². The van der Waals surface area contributed by atoms with Crippen LogP contribution in [0.15, 0.2) is 18.2 Å². The maximum absolute atomic E-state index is 11.0. The number of hydrogen-bond acceptors (Lipinski definition) is 3. The Labute approximate surface area is 99.9 Å². The standard InChI is InChI=1S/C12H20N2OS/c1-9-8-11(4-5-12(9)13)14-10(2)6-7-16(3)15/h4-5,8,10,14H,6-7,13H2,1-3H3. The number of rotatable bonds is 5. The monoisotopic (exact) mass is 240 g/mol. The molecule has 0 bridgehead atoms. The Morgan fingerprint density at radius 2 is 2.19 bits per heavy atom. The first-order chi connectivity index (χ1) is 7.49. The van der Waals surface area contributed by atoms with Crippen molar-refractivity contribution in [3.05, 3.63) is 23.8 Å². The second-order valence-corrected chi connectivity index (χ2v) is 5.74. The van der Waals surface area contributed by atoms with Gasteiger partial charge in [-0.15, -0.1) is 0 Å². The highest BCUT2D eigenvalue weighted by Gasteiger charge is 2.04. The van der Waals surface area contributed by atoms with E-state index in [1.54, 1.807) is 6.26 Å². The van der Waals surface area contributed by atoms with Gasteiger partial charge in [0.15, 0.2) is 0 Å². The fourth-order valence-electron chi connectivity index (χ4n) is 1.46. The Hall–Kier alpha value is -1.03. The van der Waals surface area contributed by atoms with E-state index in [1.165, 1.54) is 0 Å². The maximum atomic E-state index is 11.0. The first-order valence-corrected chi connectivity index (χ1v) is 7.14. The SMILES string of the molecule is Cc1cc(NC(C)CCS(C)=O)ccc1N. The van der Waals surface area contributed by atoms with Gasteiger partial charge in [0.05, 0.1) is 0 Å². The third-order valence-electron chi connectivity index (χ3n) is 2.52. The van der Waals surface area contributed by atoms with Crippen LogP contribution in [0.25, 0.3) is 0 Å². The van der Waals surface area contributed by atoms with Gasteiger partial charge in [0.2, 0.25) is 0 Å². The smallest absolute Gasteiger partial charge is 0.0346 e. The van der Waals surface area contributed by atoms with Crippen LogP contribution in [-0.4, -0.2) is 22.3 Å². The van der Waals surface area contributed by atoms with Crippen LogP contribution in [0.3, 0.4) is 0 Å². The molecule has 4 heteroatoms. The van der Waals surface area contributed by atoms with E-state index in [-0.39, 0.29) is 0 Å². The normalized spacial score (nSPS) is 14.4. The van der Waals surface area contributed by atoms with Crippen LogP contribution in [0.2, 0.25) is 0 Å². The number of hydrogen-bond donors (Lipinski definition) is 2. The lowest BCUT2D eigenvalue weighted by atomic mass is 10.1. The summed E-state index contributed by atoms with van der Waals surface area (Å²) in [7, 11) is -0.712. The molecule has 2 atom stereocenters. The number of anilines is 2. The molecule has 0 fully saturated rings. The van der Waals surface area contributed by atoms with Crippen LogP contribution in [0.5, 0.6) is 0 Å². The van der Waals surface area contributed by atoms with E-state index in [2.05, 4.69) is 12.2 Å². The summed E-state index contributed by atoms with van der Waals surface area (Å²) < 4.78 is 11.0. The Morgan fingerprint density at radius 3 is 2.75 bits per heavy atom. The molecule has 1 aromatic carbocycles. The Morgan fingerprint density at radius 1 is 1.50 bits per heavy atom. The van der Waals surface area contributed by atoms with Crippen molar-refractivity contribution < 1.29 is 4.21 Å². The zero-order chi connectivity index (χ0) is 12.1. The summed E-state index contributed by atoms with van der Waals surface area (Å²) in [4.78, 5) is 0. The molecule has 1 aromatic rings. The van der Waals surface area contributed by atoms with Gasteiger partial charge in [0.25, 0.3) is 0 Å². The van der Waals surface area contributed by atoms with Crippen molar-refractivity contribution >= 4 is 22.2 Å². The zero-order valence-corrected chi connectivity index (χ0v) is 10.9. The fourth-order valence-corrected chi connectivity index (χ4v) is 2.15. The minimum Gasteiger partial charge on any atom is -0.399 e. The quantitative estimate of drug-likeness (QED) is 0.775. The highest BCUT2D eigenvalue weighted by molar-refractivity contribution is 7.84. The van der Waals surface area contributed by atoms with Gasteiger partial charge in [0, 0.05) is 40.2 Å². The van der Waals surface area contributed by atoms with Gasteiger partial charge in [-0.3, -0.25) is 4.21 Å². The van der Waals surface area contributed by atoms with Crippen molar-refractivity contribution in [3.63, 3.8) is 0 Å². The minimum absolute atomic E-state index is 0.326. The number of nitrogens with one attached hydrogen (secondary N) is 1. The van der Waals surface area contributed by atoms with E-state index in [1.807, 2.05) is 25.1 Å². The Bertz CT molecular complexity index is 379. The van der Waals surface area contributed by atoms with Crippen LogP contribution < -0.4 is 11.1 Å². The summed E-state index contributed by atoms with van der Waals surface area (Å²) in [5.41, 5.74) is 8.71. The summed E-state index contributed by atoms with van der Waals surface area (Å²) in [6, 6.07) is 6.24. The number of nitrogen functional groups attached to an aromatic ring is 1. The van der Waals surface area contributed by atoms with Crippen LogP contribution >= 0.6 is 0 Å². The number of benzene rings is 1. The van der Waals surface area contributed by atoms with Crippen molar-refractivity contribution in [2.24, 2.45) is 0 Å². The summed E-state index contributed by atoms with van der Waals surface area (Å²) in [5, 5.41) is 3.38. The topological polar surface area (TPSA) is 55.1 Å². The molecule has 0 aliphatic rings. The molecular formula is C12H20N2OS. The van der Waals surface area contributed by atoms with E-state index < -0.39 is 10.8 Å². The lowest BCUT2D eigenvalue weighted by molar-refractivity contribution is 0.678. The van der Waals surface area contributed by atoms with Crippen LogP contribution in [0, 0.1) is 6.92 Å².